The molecule has 5 rings (SSSR count). The van der Waals surface area contributed by atoms with Crippen molar-refractivity contribution in [2.24, 2.45) is 0 Å². The smallest absolute Gasteiger partial charge is 0.255 e. The van der Waals surface area contributed by atoms with Gasteiger partial charge in [-0.05, 0) is 25.0 Å². The number of nitrogens with zero attached hydrogens (tertiary/aromatic N) is 4. The molecule has 7 heteroatoms. The Morgan fingerprint density at radius 3 is 2.86 bits per heavy atom. The van der Waals surface area contributed by atoms with Gasteiger partial charge in [-0.2, -0.15) is 0 Å². The highest BCUT2D eigenvalue weighted by Crippen LogP contribution is 2.26. The van der Waals surface area contributed by atoms with Gasteiger partial charge in [-0.25, -0.2) is 9.97 Å². The van der Waals surface area contributed by atoms with E-state index in [1.165, 1.54) is 0 Å². The number of aromatic nitrogens is 3. The second-order valence-corrected chi connectivity index (χ2v) is 7.25. The van der Waals surface area contributed by atoms with Gasteiger partial charge in [-0.3, -0.25) is 4.79 Å². The molecule has 1 saturated heterocycles. The zero-order valence-corrected chi connectivity index (χ0v) is 15.6. The van der Waals surface area contributed by atoms with E-state index in [4.69, 9.17) is 9.47 Å². The van der Waals surface area contributed by atoms with Crippen LogP contribution in [0.15, 0.2) is 42.9 Å². The number of ether oxygens (including phenoxy) is 2. The van der Waals surface area contributed by atoms with Gasteiger partial charge in [0.2, 0.25) is 0 Å². The van der Waals surface area contributed by atoms with Gasteiger partial charge in [-0.1, -0.05) is 18.2 Å². The molecule has 7 nitrogen and oxygen atoms in total. The Bertz CT molecular complexity index is 1010. The summed E-state index contributed by atoms with van der Waals surface area (Å²) in [5.41, 5.74) is 3.16. The van der Waals surface area contributed by atoms with E-state index in [-0.39, 0.29) is 5.91 Å². The summed E-state index contributed by atoms with van der Waals surface area (Å²) in [4.78, 5) is 24.0. The maximum absolute atomic E-state index is 13.1. The summed E-state index contributed by atoms with van der Waals surface area (Å²) in [5.74, 6) is 0.803. The van der Waals surface area contributed by atoms with Crippen molar-refractivity contribution in [3.63, 3.8) is 0 Å². The van der Waals surface area contributed by atoms with Crippen LogP contribution in [-0.4, -0.2) is 51.7 Å². The summed E-state index contributed by atoms with van der Waals surface area (Å²) in [7, 11) is 0. The number of hydrogen-bond donors (Lipinski definition) is 0. The van der Waals surface area contributed by atoms with Crippen molar-refractivity contribution in [1.29, 1.82) is 0 Å². The minimum Gasteiger partial charge on any atom is -0.491 e. The third-order valence-electron chi connectivity index (χ3n) is 5.48. The van der Waals surface area contributed by atoms with E-state index in [2.05, 4.69) is 14.5 Å². The van der Waals surface area contributed by atoms with Gasteiger partial charge < -0.3 is 18.9 Å². The second kappa shape index (κ2) is 7.24. The topological polar surface area (TPSA) is 69.5 Å². The van der Waals surface area contributed by atoms with Gasteiger partial charge in [0.15, 0.2) is 5.65 Å². The number of amides is 1. The van der Waals surface area contributed by atoms with Gasteiger partial charge in [0, 0.05) is 37.6 Å². The number of benzene rings is 1. The van der Waals surface area contributed by atoms with E-state index in [0.717, 1.165) is 48.5 Å². The molecule has 0 saturated carbocycles. The Hall–Kier alpha value is -2.93. The van der Waals surface area contributed by atoms with Gasteiger partial charge in [-0.15, -0.1) is 0 Å². The first-order valence-corrected chi connectivity index (χ1v) is 9.70. The van der Waals surface area contributed by atoms with Crippen LogP contribution in [0.3, 0.4) is 0 Å². The number of pyridine rings is 1. The second-order valence-electron chi connectivity index (χ2n) is 7.25. The molecular formula is C21H22N4O3. The SMILES string of the molecule is O=C(c1cnc2c(c1)ncn2C1CCOCC1)N1CCOc2ccccc2C1. The molecule has 28 heavy (non-hydrogen) atoms. The van der Waals surface area contributed by atoms with Crippen molar-refractivity contribution >= 4 is 17.1 Å². The first-order chi connectivity index (χ1) is 13.8. The third kappa shape index (κ3) is 3.11. The maximum atomic E-state index is 13.1. The van der Waals surface area contributed by atoms with E-state index >= 15 is 0 Å². The largest absolute Gasteiger partial charge is 0.491 e. The predicted molar refractivity (Wildman–Crippen MR) is 103 cm³/mol. The number of carbonyl (C=O) groups is 1. The molecule has 0 radical (unpaired) electrons. The molecule has 1 fully saturated rings. The zero-order chi connectivity index (χ0) is 18.9. The van der Waals surface area contributed by atoms with Crippen LogP contribution >= 0.6 is 0 Å². The fourth-order valence-corrected chi connectivity index (χ4v) is 3.95. The standard InChI is InChI=1S/C21H22N4O3/c26-21(24-7-10-28-19-4-2-1-3-15(19)13-24)16-11-18-20(22-12-16)25(14-23-18)17-5-8-27-9-6-17/h1-4,11-12,14,17H,5-10,13H2. The molecule has 0 N–H and O–H groups in total. The van der Waals surface area contributed by atoms with Crippen LogP contribution in [0.5, 0.6) is 5.75 Å². The number of rotatable bonds is 2. The molecule has 0 bridgehead atoms. The highest BCUT2D eigenvalue weighted by Gasteiger charge is 2.23. The molecule has 2 aliphatic rings. The average molecular weight is 378 g/mol. The maximum Gasteiger partial charge on any atom is 0.255 e. The molecule has 1 amide bonds. The molecule has 0 unspecified atom stereocenters. The molecule has 0 aliphatic carbocycles. The third-order valence-corrected chi connectivity index (χ3v) is 5.48. The molecule has 3 aromatic rings. The van der Waals surface area contributed by atoms with Gasteiger partial charge >= 0.3 is 0 Å². The molecule has 2 aromatic heterocycles. The van der Waals surface area contributed by atoms with Crippen LogP contribution in [0.25, 0.3) is 11.2 Å². The lowest BCUT2D eigenvalue weighted by molar-refractivity contribution is 0.0704. The van der Waals surface area contributed by atoms with Gasteiger partial charge in [0.1, 0.15) is 17.9 Å². The Morgan fingerprint density at radius 2 is 1.96 bits per heavy atom. The minimum absolute atomic E-state index is 0.0460. The molecule has 144 valence electrons. The summed E-state index contributed by atoms with van der Waals surface area (Å²) >= 11 is 0. The van der Waals surface area contributed by atoms with E-state index < -0.39 is 0 Å². The lowest BCUT2D eigenvalue weighted by Crippen LogP contribution is -2.32. The number of para-hydroxylation sites is 1. The number of carbonyl (C=O) groups excluding carboxylic acids is 1. The molecule has 0 spiro atoms. The van der Waals surface area contributed by atoms with Crippen molar-refractivity contribution in [1.82, 2.24) is 19.4 Å². The van der Waals surface area contributed by atoms with E-state index in [1.54, 1.807) is 6.20 Å². The van der Waals surface area contributed by atoms with Crippen molar-refractivity contribution in [3.8, 4) is 5.75 Å². The highest BCUT2D eigenvalue weighted by atomic mass is 16.5. The van der Waals surface area contributed by atoms with Crippen molar-refractivity contribution in [3.05, 3.63) is 54.0 Å². The normalized spacial score (nSPS) is 17.8. The molecule has 2 aliphatic heterocycles. The highest BCUT2D eigenvalue weighted by molar-refractivity contribution is 5.96. The van der Waals surface area contributed by atoms with Crippen molar-refractivity contribution in [2.75, 3.05) is 26.4 Å². The number of imidazole rings is 1. The quantitative estimate of drug-likeness (QED) is 0.686. The average Bonchev–Trinajstić information content (AvgIpc) is 3.05. The summed E-state index contributed by atoms with van der Waals surface area (Å²) < 4.78 is 13.3. The van der Waals surface area contributed by atoms with E-state index in [0.29, 0.717) is 31.3 Å². The molecular weight excluding hydrogens is 356 g/mol. The fourth-order valence-electron chi connectivity index (χ4n) is 3.95. The van der Waals surface area contributed by atoms with Crippen LogP contribution < -0.4 is 4.74 Å². The number of fused-ring (bicyclic) bond motifs is 2. The Kier molecular flexibility index (Phi) is 4.44. The van der Waals surface area contributed by atoms with Crippen molar-refractivity contribution < 1.29 is 14.3 Å². The van der Waals surface area contributed by atoms with Crippen molar-refractivity contribution in [2.45, 2.75) is 25.4 Å². The van der Waals surface area contributed by atoms with E-state index in [9.17, 15) is 4.79 Å². The Labute approximate surface area is 162 Å². The number of hydrogen-bond acceptors (Lipinski definition) is 5. The lowest BCUT2D eigenvalue weighted by atomic mass is 10.1. The molecule has 0 atom stereocenters. The summed E-state index contributed by atoms with van der Waals surface area (Å²) in [5, 5.41) is 0. The predicted octanol–water partition coefficient (Wildman–Crippen LogP) is 2.82. The first kappa shape index (κ1) is 17.2. The fraction of sp³-hybridized carbons (Fsp3) is 0.381. The lowest BCUT2D eigenvalue weighted by Gasteiger charge is -2.23. The van der Waals surface area contributed by atoms with E-state index in [1.807, 2.05) is 41.6 Å². The summed E-state index contributed by atoms with van der Waals surface area (Å²) in [6.07, 6.45) is 5.42. The first-order valence-electron chi connectivity index (χ1n) is 9.70. The van der Waals surface area contributed by atoms with Gasteiger partial charge in [0.05, 0.1) is 18.4 Å². The summed E-state index contributed by atoms with van der Waals surface area (Å²) in [6.45, 7) is 3.08. The summed E-state index contributed by atoms with van der Waals surface area (Å²) in [6, 6.07) is 10.1. The van der Waals surface area contributed by atoms with Crippen LogP contribution in [-0.2, 0) is 11.3 Å². The monoisotopic (exact) mass is 378 g/mol. The van der Waals surface area contributed by atoms with Crippen LogP contribution in [0.4, 0.5) is 0 Å². The molecule has 4 heterocycles. The minimum atomic E-state index is -0.0460. The Balaban J connectivity index is 1.40. The van der Waals surface area contributed by atoms with Crippen LogP contribution in [0.2, 0.25) is 0 Å². The Morgan fingerprint density at radius 1 is 1.11 bits per heavy atom. The zero-order valence-electron chi connectivity index (χ0n) is 15.6. The van der Waals surface area contributed by atoms with Crippen LogP contribution in [0.1, 0.15) is 34.8 Å². The molecule has 1 aromatic carbocycles. The van der Waals surface area contributed by atoms with Crippen LogP contribution in [0, 0.1) is 0 Å². The van der Waals surface area contributed by atoms with Gasteiger partial charge in [0.25, 0.3) is 5.91 Å².